The molecule has 0 saturated heterocycles. The molecule has 0 aliphatic heterocycles. The number of rotatable bonds is 4. The number of carboxylic acids is 2. The number of carboxylic acid groups (broad SMARTS) is 2. The first-order valence-electron chi connectivity index (χ1n) is 9.59. The summed E-state index contributed by atoms with van der Waals surface area (Å²) in [4.78, 5) is 21.6. The summed E-state index contributed by atoms with van der Waals surface area (Å²) < 4.78 is 0. The minimum Gasteiger partial charge on any atom is -0.870 e. The third-order valence-corrected chi connectivity index (χ3v) is 4.69. The summed E-state index contributed by atoms with van der Waals surface area (Å²) in [6.45, 7) is 0. The minimum atomic E-state index is -1.38. The molecule has 0 bridgehead atoms. The first-order valence-corrected chi connectivity index (χ1v) is 9.59. The molecule has 4 rings (SSSR count). The maximum atomic E-state index is 10.8. The van der Waals surface area contributed by atoms with Crippen molar-refractivity contribution in [1.29, 1.82) is 0 Å². The predicted octanol–water partition coefficient (Wildman–Crippen LogP) is -1.99. The summed E-state index contributed by atoms with van der Waals surface area (Å²) in [7, 11) is 0. The largest absolute Gasteiger partial charge is 1.00 e. The fourth-order valence-electron chi connectivity index (χ4n) is 3.13. The van der Waals surface area contributed by atoms with Gasteiger partial charge in [-0.05, 0) is 23.3 Å². The molecule has 4 aromatic carbocycles. The summed E-state index contributed by atoms with van der Waals surface area (Å²) in [6.07, 6.45) is 0. The van der Waals surface area contributed by atoms with Crippen molar-refractivity contribution in [1.82, 2.24) is 0 Å². The number of hydrogen-bond acceptors (Lipinski definition) is 6. The number of benzene rings is 4. The van der Waals surface area contributed by atoms with Crippen LogP contribution in [0, 0.1) is 0 Å². The van der Waals surface area contributed by atoms with E-state index in [2.05, 4.69) is 0 Å². The van der Waals surface area contributed by atoms with Crippen LogP contribution < -0.4 is 42.8 Å². The van der Waals surface area contributed by atoms with Crippen molar-refractivity contribution in [3.63, 3.8) is 0 Å². The average molecular weight is 457 g/mol. The van der Waals surface area contributed by atoms with E-state index in [-0.39, 0.29) is 65.8 Å². The molecule has 9 heteroatoms. The molecular weight excluding hydrogens is 437 g/mol. The van der Waals surface area contributed by atoms with Crippen molar-refractivity contribution in [2.24, 2.45) is 0 Å². The monoisotopic (exact) mass is 457 g/mol. The topological polar surface area (TPSA) is 148 Å². The zero-order valence-corrected chi connectivity index (χ0v) is 19.3. The van der Waals surface area contributed by atoms with Crippen LogP contribution in [0.5, 0.6) is 11.5 Å². The second kappa shape index (κ2) is 14.8. The molecule has 0 heterocycles. The molecule has 168 valence electrons. The van der Waals surface area contributed by atoms with Crippen LogP contribution in [-0.2, 0) is 0 Å². The van der Waals surface area contributed by atoms with Gasteiger partial charge in [0.15, 0.2) is 0 Å². The van der Waals surface area contributed by atoms with Crippen molar-refractivity contribution in [3.8, 4) is 33.8 Å². The van der Waals surface area contributed by atoms with Gasteiger partial charge in [-0.1, -0.05) is 84.9 Å². The van der Waals surface area contributed by atoms with Crippen molar-refractivity contribution in [3.05, 3.63) is 108 Å². The van der Waals surface area contributed by atoms with Crippen LogP contribution in [0.4, 0.5) is 0 Å². The molecule has 0 unspecified atom stereocenters. The van der Waals surface area contributed by atoms with Crippen LogP contribution in [-0.4, -0.2) is 32.7 Å². The maximum Gasteiger partial charge on any atom is 1.00 e. The first-order chi connectivity index (χ1) is 15.4. The van der Waals surface area contributed by atoms with Crippen molar-refractivity contribution >= 4 is 11.9 Å². The normalized spacial score (nSPS) is 9.14. The maximum absolute atomic E-state index is 10.8. The SMILES string of the molecule is O=C(O)c1cccc(-c2ccccc2)c1O.O=C([O-])c1cccc(-c2ccccc2)c1O.[6Li+].[Li+].[OH-]. The molecule has 35 heavy (non-hydrogen) atoms. The predicted molar refractivity (Wildman–Crippen MR) is 120 cm³/mol. The van der Waals surface area contributed by atoms with Gasteiger partial charge in [-0.3, -0.25) is 0 Å². The summed E-state index contributed by atoms with van der Waals surface area (Å²) in [5.74, 6) is -2.96. The zero-order valence-electron chi connectivity index (χ0n) is 19.3. The van der Waals surface area contributed by atoms with Gasteiger partial charge >= 0.3 is 43.7 Å². The molecule has 0 aromatic heterocycles. The van der Waals surface area contributed by atoms with E-state index in [9.17, 15) is 24.9 Å². The van der Waals surface area contributed by atoms with E-state index >= 15 is 0 Å². The molecule has 0 aliphatic rings. The minimum absolute atomic E-state index is 0. The number of carbonyl (C=O) groups is 2. The first kappa shape index (κ1) is 31.6. The van der Waals surface area contributed by atoms with E-state index in [0.717, 1.165) is 11.1 Å². The number of para-hydroxylation sites is 2. The Hall–Kier alpha value is -3.43. The molecule has 7 nitrogen and oxygen atoms in total. The summed E-state index contributed by atoms with van der Waals surface area (Å²) in [6, 6.07) is 27.5. The Morgan fingerprint density at radius 1 is 0.571 bits per heavy atom. The van der Waals surface area contributed by atoms with E-state index in [1.165, 1.54) is 12.1 Å². The molecule has 0 aliphatic carbocycles. The van der Waals surface area contributed by atoms with Crippen LogP contribution >= 0.6 is 0 Å². The Morgan fingerprint density at radius 2 is 0.943 bits per heavy atom. The second-order valence-electron chi connectivity index (χ2n) is 6.73. The number of hydrogen-bond donors (Lipinski definition) is 3. The number of phenols is 2. The van der Waals surface area contributed by atoms with Gasteiger partial charge in [-0.2, -0.15) is 0 Å². The van der Waals surface area contributed by atoms with E-state index in [4.69, 9.17) is 5.11 Å². The van der Waals surface area contributed by atoms with Crippen LogP contribution in [0.1, 0.15) is 20.7 Å². The fourth-order valence-corrected chi connectivity index (χ4v) is 3.13. The average Bonchev–Trinajstić information content (AvgIpc) is 2.80. The van der Waals surface area contributed by atoms with Crippen molar-refractivity contribution in [2.75, 3.05) is 0 Å². The third-order valence-electron chi connectivity index (χ3n) is 4.69. The van der Waals surface area contributed by atoms with Crippen LogP contribution in [0.3, 0.4) is 0 Å². The van der Waals surface area contributed by atoms with Crippen molar-refractivity contribution in [2.45, 2.75) is 0 Å². The van der Waals surface area contributed by atoms with E-state index < -0.39 is 11.9 Å². The number of aromatic carboxylic acids is 2. The van der Waals surface area contributed by atoms with Gasteiger partial charge < -0.3 is 30.7 Å². The van der Waals surface area contributed by atoms with Crippen LogP contribution in [0.15, 0.2) is 97.1 Å². The van der Waals surface area contributed by atoms with Gasteiger partial charge in [-0.25, -0.2) is 4.79 Å². The molecule has 0 saturated carbocycles. The van der Waals surface area contributed by atoms with E-state index in [0.29, 0.717) is 11.1 Å². The standard InChI is InChI=1S/2C13H10O3.2Li.H2O/c2*14-12-10(9-5-2-1-3-6-9)7-4-8-11(12)13(15)16;;;/h2*1-8,14H,(H,15,16);;;1H2/q;;2*+1;/p-2/i;;1-1;;. The zero-order chi connectivity index (χ0) is 23.1. The quantitative estimate of drug-likeness (QED) is 0.301. The Morgan fingerprint density at radius 3 is 1.31 bits per heavy atom. The summed E-state index contributed by atoms with van der Waals surface area (Å²) in [5, 5.41) is 39.2. The summed E-state index contributed by atoms with van der Waals surface area (Å²) in [5.41, 5.74) is 2.30. The molecule has 0 radical (unpaired) electrons. The molecule has 0 amide bonds. The van der Waals surface area contributed by atoms with Gasteiger partial charge in [0, 0.05) is 16.7 Å². The fraction of sp³-hybridized carbons (Fsp3) is 0. The molecule has 0 fully saturated rings. The van der Waals surface area contributed by atoms with Crippen LogP contribution in [0.2, 0.25) is 0 Å². The van der Waals surface area contributed by atoms with Gasteiger partial charge in [0.05, 0.1) is 5.97 Å². The van der Waals surface area contributed by atoms with Gasteiger partial charge in [0.25, 0.3) is 0 Å². The Bertz CT molecular complexity index is 1150. The molecule has 4 aromatic rings. The van der Waals surface area contributed by atoms with Crippen molar-refractivity contribution < 1.29 is 73.2 Å². The van der Waals surface area contributed by atoms with Gasteiger partial charge in [0.1, 0.15) is 17.1 Å². The van der Waals surface area contributed by atoms with Gasteiger partial charge in [0.2, 0.25) is 0 Å². The number of carbonyl (C=O) groups excluding carboxylic acids is 1. The Balaban J connectivity index is 0.000000608. The second-order valence-corrected chi connectivity index (χ2v) is 6.73. The molecule has 0 atom stereocenters. The molecular formula is C26H20Li2O7. The summed E-state index contributed by atoms with van der Waals surface area (Å²) >= 11 is 0. The van der Waals surface area contributed by atoms with E-state index in [1.807, 2.05) is 48.5 Å². The smallest absolute Gasteiger partial charge is 0.870 e. The Labute approximate surface area is 226 Å². The molecule has 0 spiro atoms. The van der Waals surface area contributed by atoms with Gasteiger partial charge in [-0.15, -0.1) is 0 Å². The van der Waals surface area contributed by atoms with E-state index in [1.54, 1.807) is 36.4 Å². The third kappa shape index (κ3) is 7.80. The number of aromatic hydroxyl groups is 2. The Kier molecular flexibility index (Phi) is 13.3. The molecule has 4 N–H and O–H groups in total. The van der Waals surface area contributed by atoms with Crippen LogP contribution in [0.25, 0.3) is 22.3 Å².